The third-order valence-corrected chi connectivity index (χ3v) is 6.39. The van der Waals surface area contributed by atoms with Gasteiger partial charge in [0, 0.05) is 31.6 Å². The molecule has 1 N–H and O–H groups in total. The second-order valence-corrected chi connectivity index (χ2v) is 10.1. The first-order chi connectivity index (χ1) is 17.3. The van der Waals surface area contributed by atoms with E-state index in [0.717, 1.165) is 29.2 Å². The molecule has 1 aromatic heterocycles. The number of hydrogen-bond acceptors (Lipinski definition) is 5. The summed E-state index contributed by atoms with van der Waals surface area (Å²) in [6.07, 6.45) is 1.40. The summed E-state index contributed by atoms with van der Waals surface area (Å²) in [4.78, 5) is 29.6. The molecule has 0 spiro atoms. The van der Waals surface area contributed by atoms with Gasteiger partial charge in [0.1, 0.15) is 5.82 Å². The van der Waals surface area contributed by atoms with Gasteiger partial charge in [-0.05, 0) is 49.7 Å². The van der Waals surface area contributed by atoms with Crippen LogP contribution in [0.15, 0.2) is 54.6 Å². The number of nitrogens with one attached hydrogen (secondary N) is 1. The number of amides is 2. The summed E-state index contributed by atoms with van der Waals surface area (Å²) in [5, 5.41) is 12.1. The van der Waals surface area contributed by atoms with Gasteiger partial charge in [0.2, 0.25) is 5.91 Å². The van der Waals surface area contributed by atoms with Gasteiger partial charge in [-0.2, -0.15) is 0 Å². The van der Waals surface area contributed by atoms with E-state index in [0.29, 0.717) is 44.1 Å². The minimum absolute atomic E-state index is 0.0212. The van der Waals surface area contributed by atoms with E-state index in [2.05, 4.69) is 46.1 Å². The largest absolute Gasteiger partial charge is 0.345 e. The van der Waals surface area contributed by atoms with Crippen LogP contribution in [-0.2, 0) is 17.8 Å². The lowest BCUT2D eigenvalue weighted by atomic mass is 10.0. The zero-order valence-electron chi connectivity index (χ0n) is 21.6. The predicted molar refractivity (Wildman–Crippen MR) is 140 cm³/mol. The maximum Gasteiger partial charge on any atom is 0.253 e. The number of nitrogens with zero attached hydrogens (tertiary/aromatic N) is 5. The van der Waals surface area contributed by atoms with Crippen molar-refractivity contribution in [2.75, 3.05) is 33.7 Å². The molecular formula is C28H36N6O2. The highest BCUT2D eigenvalue weighted by atomic mass is 16.2. The van der Waals surface area contributed by atoms with Crippen LogP contribution in [0.3, 0.4) is 0 Å². The quantitative estimate of drug-likeness (QED) is 0.525. The van der Waals surface area contributed by atoms with E-state index < -0.39 is 0 Å². The van der Waals surface area contributed by atoms with Crippen molar-refractivity contribution in [1.29, 1.82) is 0 Å². The Morgan fingerprint density at radius 1 is 0.944 bits per heavy atom. The molecule has 36 heavy (non-hydrogen) atoms. The third kappa shape index (κ3) is 6.18. The normalized spacial score (nSPS) is 14.4. The first-order valence-corrected chi connectivity index (χ1v) is 12.6. The fourth-order valence-electron chi connectivity index (χ4n) is 4.65. The third-order valence-electron chi connectivity index (χ3n) is 6.39. The molecule has 1 unspecified atom stereocenters. The molecule has 1 aliphatic heterocycles. The van der Waals surface area contributed by atoms with Gasteiger partial charge < -0.3 is 19.7 Å². The van der Waals surface area contributed by atoms with Crippen LogP contribution < -0.4 is 5.32 Å². The standard InChI is InChI=1S/C28H36N6O2/c1-20(2)18-24(29-26(35)19-32(3)4)27-31-30-25-14-15-33(16-17-34(25)27)28(36)23-12-10-22(11-13-23)21-8-6-5-7-9-21/h5-13,20,24H,14-19H2,1-4H3,(H,29,35). The monoisotopic (exact) mass is 488 g/mol. The SMILES string of the molecule is CC(C)CC(NC(=O)CN(C)C)c1nnc2n1CCN(C(=O)c1ccc(-c3ccccc3)cc1)CC2. The highest BCUT2D eigenvalue weighted by Crippen LogP contribution is 2.24. The lowest BCUT2D eigenvalue weighted by Gasteiger charge is -2.23. The second kappa shape index (κ2) is 11.5. The second-order valence-electron chi connectivity index (χ2n) is 10.1. The fourth-order valence-corrected chi connectivity index (χ4v) is 4.65. The van der Waals surface area contributed by atoms with Crippen LogP contribution in [0.1, 0.15) is 48.3 Å². The van der Waals surface area contributed by atoms with Crippen LogP contribution in [0, 0.1) is 5.92 Å². The molecule has 2 heterocycles. The average Bonchev–Trinajstić information content (AvgIpc) is 3.14. The Balaban J connectivity index is 1.46. The molecule has 0 radical (unpaired) electrons. The van der Waals surface area contributed by atoms with Crippen molar-refractivity contribution >= 4 is 11.8 Å². The Bertz CT molecular complexity index is 1170. The molecule has 190 valence electrons. The van der Waals surface area contributed by atoms with Crippen molar-refractivity contribution in [3.8, 4) is 11.1 Å². The highest BCUT2D eigenvalue weighted by molar-refractivity contribution is 5.94. The van der Waals surface area contributed by atoms with Gasteiger partial charge >= 0.3 is 0 Å². The maximum atomic E-state index is 13.3. The number of rotatable bonds is 8. The Kier molecular flexibility index (Phi) is 8.15. The molecule has 0 saturated carbocycles. The van der Waals surface area contributed by atoms with Crippen molar-refractivity contribution in [1.82, 2.24) is 29.9 Å². The molecule has 4 rings (SSSR count). The average molecular weight is 489 g/mol. The fraction of sp³-hybridized carbons (Fsp3) is 0.429. The van der Waals surface area contributed by atoms with Crippen molar-refractivity contribution in [3.63, 3.8) is 0 Å². The van der Waals surface area contributed by atoms with E-state index in [1.54, 1.807) is 0 Å². The van der Waals surface area contributed by atoms with Gasteiger partial charge in [-0.15, -0.1) is 10.2 Å². The molecule has 8 nitrogen and oxygen atoms in total. The van der Waals surface area contributed by atoms with Crippen LogP contribution >= 0.6 is 0 Å². The lowest BCUT2D eigenvalue weighted by molar-refractivity contribution is -0.122. The number of benzene rings is 2. The number of carbonyl (C=O) groups excluding carboxylic acids is 2. The molecule has 2 amide bonds. The van der Waals surface area contributed by atoms with Crippen LogP contribution in [-0.4, -0.2) is 70.1 Å². The summed E-state index contributed by atoms with van der Waals surface area (Å²) in [5.74, 6) is 1.99. The molecule has 1 aliphatic rings. The van der Waals surface area contributed by atoms with Gasteiger partial charge in [-0.1, -0.05) is 56.3 Å². The van der Waals surface area contributed by atoms with Crippen molar-refractivity contribution < 1.29 is 9.59 Å². The van der Waals surface area contributed by atoms with Crippen molar-refractivity contribution in [3.05, 3.63) is 71.8 Å². The van der Waals surface area contributed by atoms with E-state index in [1.165, 1.54) is 0 Å². The molecule has 0 saturated heterocycles. The van der Waals surface area contributed by atoms with Crippen LogP contribution in [0.25, 0.3) is 11.1 Å². The molecule has 3 aromatic rings. The minimum Gasteiger partial charge on any atom is -0.345 e. The van der Waals surface area contributed by atoms with Crippen LogP contribution in [0.5, 0.6) is 0 Å². The highest BCUT2D eigenvalue weighted by Gasteiger charge is 2.27. The maximum absolute atomic E-state index is 13.3. The van der Waals surface area contributed by atoms with E-state index in [-0.39, 0.29) is 17.9 Å². The molecule has 2 aromatic carbocycles. The molecule has 0 fully saturated rings. The smallest absolute Gasteiger partial charge is 0.253 e. The lowest BCUT2D eigenvalue weighted by Crippen LogP contribution is -2.38. The van der Waals surface area contributed by atoms with Crippen molar-refractivity contribution in [2.24, 2.45) is 5.92 Å². The molecule has 0 aliphatic carbocycles. The first kappa shape index (κ1) is 25.6. The zero-order valence-corrected chi connectivity index (χ0v) is 21.6. The van der Waals surface area contributed by atoms with Gasteiger partial charge in [0.05, 0.1) is 12.6 Å². The number of likely N-dealkylation sites (N-methyl/N-ethyl adjacent to an activating group) is 1. The van der Waals surface area contributed by atoms with E-state index in [9.17, 15) is 9.59 Å². The van der Waals surface area contributed by atoms with Gasteiger partial charge in [-0.3, -0.25) is 9.59 Å². The van der Waals surface area contributed by atoms with E-state index in [4.69, 9.17) is 0 Å². The van der Waals surface area contributed by atoms with Gasteiger partial charge in [0.25, 0.3) is 5.91 Å². The first-order valence-electron chi connectivity index (χ1n) is 12.6. The van der Waals surface area contributed by atoms with Gasteiger partial charge in [-0.25, -0.2) is 0 Å². The molecular weight excluding hydrogens is 452 g/mol. The van der Waals surface area contributed by atoms with Crippen LogP contribution in [0.2, 0.25) is 0 Å². The summed E-state index contributed by atoms with van der Waals surface area (Å²) in [7, 11) is 3.75. The Hall–Kier alpha value is -3.52. The molecule has 8 heteroatoms. The predicted octanol–water partition coefficient (Wildman–Crippen LogP) is 3.41. The Morgan fingerprint density at radius 3 is 2.31 bits per heavy atom. The van der Waals surface area contributed by atoms with E-state index >= 15 is 0 Å². The summed E-state index contributed by atoms with van der Waals surface area (Å²) in [6.45, 7) is 6.34. The Labute approximate surface area is 213 Å². The summed E-state index contributed by atoms with van der Waals surface area (Å²) < 4.78 is 2.09. The minimum atomic E-state index is -0.216. The van der Waals surface area contributed by atoms with Crippen molar-refractivity contribution in [2.45, 2.75) is 39.3 Å². The molecule has 0 bridgehead atoms. The summed E-state index contributed by atoms with van der Waals surface area (Å²) in [6, 6.07) is 17.7. The summed E-state index contributed by atoms with van der Waals surface area (Å²) in [5.41, 5.74) is 2.90. The van der Waals surface area contributed by atoms with Crippen LogP contribution in [0.4, 0.5) is 0 Å². The number of hydrogen-bond donors (Lipinski definition) is 1. The number of aromatic nitrogens is 3. The topological polar surface area (TPSA) is 83.4 Å². The summed E-state index contributed by atoms with van der Waals surface area (Å²) >= 11 is 0. The van der Waals surface area contributed by atoms with E-state index in [1.807, 2.05) is 66.4 Å². The zero-order chi connectivity index (χ0) is 25.7. The number of fused-ring (bicyclic) bond motifs is 1. The van der Waals surface area contributed by atoms with Gasteiger partial charge in [0.15, 0.2) is 5.82 Å². The molecule has 1 atom stereocenters. The number of carbonyl (C=O) groups is 2. The Morgan fingerprint density at radius 2 is 1.64 bits per heavy atom.